The molecule has 2 nitrogen and oxygen atoms in total. The molecule has 0 saturated heterocycles. The molecular weight excluding hydrogens is 232 g/mol. The van der Waals surface area contributed by atoms with Gasteiger partial charge in [-0.25, -0.2) is 0 Å². The highest BCUT2D eigenvalue weighted by atomic mass is 14.7. The summed E-state index contributed by atoms with van der Waals surface area (Å²) in [5, 5.41) is 1.17. The Balaban J connectivity index is 1.94. The van der Waals surface area contributed by atoms with Crippen molar-refractivity contribution in [3.05, 3.63) is 77.5 Å². The summed E-state index contributed by atoms with van der Waals surface area (Å²) >= 11 is 0. The maximum Gasteiger partial charge on any atom is 0.0706 e. The molecule has 3 rings (SSSR count). The Morgan fingerprint density at radius 3 is 2.47 bits per heavy atom. The standard InChI is InChI=1S/C17H16N2/c18-12-16-8-7-15-11-14(6-9-17(15)19-16)10-13-4-2-1-3-5-13/h1-9,11H,10,12,18H2. The Morgan fingerprint density at radius 2 is 1.68 bits per heavy atom. The first-order valence-corrected chi connectivity index (χ1v) is 6.48. The quantitative estimate of drug-likeness (QED) is 0.772. The summed E-state index contributed by atoms with van der Waals surface area (Å²) < 4.78 is 0. The van der Waals surface area contributed by atoms with Gasteiger partial charge in [-0.3, -0.25) is 4.98 Å². The molecule has 2 aromatic carbocycles. The second-order valence-corrected chi connectivity index (χ2v) is 4.70. The van der Waals surface area contributed by atoms with Crippen molar-refractivity contribution in [3.63, 3.8) is 0 Å². The predicted octanol–water partition coefficient (Wildman–Crippen LogP) is 3.28. The molecule has 0 spiro atoms. The van der Waals surface area contributed by atoms with E-state index in [-0.39, 0.29) is 0 Å². The van der Waals surface area contributed by atoms with Crippen molar-refractivity contribution in [2.75, 3.05) is 0 Å². The molecule has 0 amide bonds. The summed E-state index contributed by atoms with van der Waals surface area (Å²) in [6.07, 6.45) is 0.954. The largest absolute Gasteiger partial charge is 0.325 e. The Hall–Kier alpha value is -2.19. The summed E-state index contributed by atoms with van der Waals surface area (Å²) in [5.74, 6) is 0. The van der Waals surface area contributed by atoms with Crippen molar-refractivity contribution in [2.24, 2.45) is 5.73 Å². The van der Waals surface area contributed by atoms with E-state index in [1.54, 1.807) is 0 Å². The molecule has 0 atom stereocenters. The normalized spacial score (nSPS) is 10.8. The molecule has 0 radical (unpaired) electrons. The first kappa shape index (κ1) is 11.9. The highest BCUT2D eigenvalue weighted by Crippen LogP contribution is 2.17. The number of hydrogen-bond donors (Lipinski definition) is 1. The lowest BCUT2D eigenvalue weighted by Crippen LogP contribution is -1.99. The molecule has 19 heavy (non-hydrogen) atoms. The number of fused-ring (bicyclic) bond motifs is 1. The van der Waals surface area contributed by atoms with Crippen LogP contribution in [-0.2, 0) is 13.0 Å². The third-order valence-electron chi connectivity index (χ3n) is 3.27. The van der Waals surface area contributed by atoms with Crippen molar-refractivity contribution in [1.29, 1.82) is 0 Å². The van der Waals surface area contributed by atoms with E-state index in [0.29, 0.717) is 6.54 Å². The molecule has 2 N–H and O–H groups in total. The molecule has 94 valence electrons. The van der Waals surface area contributed by atoms with Crippen molar-refractivity contribution in [3.8, 4) is 0 Å². The molecule has 0 aliphatic rings. The van der Waals surface area contributed by atoms with Crippen LogP contribution in [0.2, 0.25) is 0 Å². The number of nitrogens with two attached hydrogens (primary N) is 1. The van der Waals surface area contributed by atoms with Gasteiger partial charge in [-0.05, 0) is 35.7 Å². The van der Waals surface area contributed by atoms with E-state index in [2.05, 4.69) is 53.5 Å². The molecule has 0 aliphatic heterocycles. The number of pyridine rings is 1. The van der Waals surface area contributed by atoms with Crippen molar-refractivity contribution in [1.82, 2.24) is 4.98 Å². The summed E-state index contributed by atoms with van der Waals surface area (Å²) in [7, 11) is 0. The van der Waals surface area contributed by atoms with E-state index in [1.165, 1.54) is 16.5 Å². The zero-order chi connectivity index (χ0) is 13.1. The smallest absolute Gasteiger partial charge is 0.0706 e. The highest BCUT2D eigenvalue weighted by molar-refractivity contribution is 5.79. The van der Waals surface area contributed by atoms with Crippen LogP contribution in [0.3, 0.4) is 0 Å². The van der Waals surface area contributed by atoms with Crippen LogP contribution in [0.1, 0.15) is 16.8 Å². The van der Waals surface area contributed by atoms with Gasteiger partial charge in [0.05, 0.1) is 11.2 Å². The lowest BCUT2D eigenvalue weighted by molar-refractivity contribution is 1.01. The number of nitrogens with zero attached hydrogens (tertiary/aromatic N) is 1. The van der Waals surface area contributed by atoms with Crippen molar-refractivity contribution in [2.45, 2.75) is 13.0 Å². The predicted molar refractivity (Wildman–Crippen MR) is 78.9 cm³/mol. The van der Waals surface area contributed by atoms with E-state index in [0.717, 1.165) is 17.6 Å². The average molecular weight is 248 g/mol. The Labute approximate surface area is 112 Å². The van der Waals surface area contributed by atoms with Crippen LogP contribution < -0.4 is 5.73 Å². The maximum atomic E-state index is 5.61. The summed E-state index contributed by atoms with van der Waals surface area (Å²) in [6, 6.07) is 21.0. The summed E-state index contributed by atoms with van der Waals surface area (Å²) in [6.45, 7) is 0.488. The van der Waals surface area contributed by atoms with E-state index < -0.39 is 0 Å². The van der Waals surface area contributed by atoms with E-state index in [1.807, 2.05) is 12.1 Å². The van der Waals surface area contributed by atoms with Gasteiger partial charge in [0.25, 0.3) is 0 Å². The minimum absolute atomic E-state index is 0.488. The van der Waals surface area contributed by atoms with Crippen LogP contribution in [0, 0.1) is 0 Å². The SMILES string of the molecule is NCc1ccc2cc(Cc3ccccc3)ccc2n1. The lowest BCUT2D eigenvalue weighted by atomic mass is 10.0. The topological polar surface area (TPSA) is 38.9 Å². The number of hydrogen-bond acceptors (Lipinski definition) is 2. The van der Waals surface area contributed by atoms with Crippen molar-refractivity contribution < 1.29 is 0 Å². The fourth-order valence-electron chi connectivity index (χ4n) is 2.27. The number of aromatic nitrogens is 1. The lowest BCUT2D eigenvalue weighted by Gasteiger charge is -2.05. The monoisotopic (exact) mass is 248 g/mol. The molecule has 1 aromatic heterocycles. The van der Waals surface area contributed by atoms with Crippen molar-refractivity contribution >= 4 is 10.9 Å². The highest BCUT2D eigenvalue weighted by Gasteiger charge is 2.00. The van der Waals surface area contributed by atoms with Crippen LogP contribution in [-0.4, -0.2) is 4.98 Å². The molecule has 0 fully saturated rings. The number of rotatable bonds is 3. The second-order valence-electron chi connectivity index (χ2n) is 4.70. The van der Waals surface area contributed by atoms with Gasteiger partial charge in [0.1, 0.15) is 0 Å². The third-order valence-corrected chi connectivity index (χ3v) is 3.27. The zero-order valence-electron chi connectivity index (χ0n) is 10.7. The second kappa shape index (κ2) is 5.21. The molecule has 0 bridgehead atoms. The Bertz CT molecular complexity index is 690. The van der Waals surface area contributed by atoms with Gasteiger partial charge in [-0.2, -0.15) is 0 Å². The van der Waals surface area contributed by atoms with E-state index in [4.69, 9.17) is 5.73 Å². The first-order valence-electron chi connectivity index (χ1n) is 6.48. The van der Waals surface area contributed by atoms with E-state index >= 15 is 0 Å². The molecule has 3 aromatic rings. The van der Waals surface area contributed by atoms with Gasteiger partial charge < -0.3 is 5.73 Å². The molecule has 0 unspecified atom stereocenters. The van der Waals surface area contributed by atoms with Crippen LogP contribution >= 0.6 is 0 Å². The first-order chi connectivity index (χ1) is 9.35. The summed E-state index contributed by atoms with van der Waals surface area (Å²) in [4.78, 5) is 4.52. The molecule has 2 heteroatoms. The minimum Gasteiger partial charge on any atom is -0.325 e. The van der Waals surface area contributed by atoms with Gasteiger partial charge in [0, 0.05) is 11.9 Å². The zero-order valence-corrected chi connectivity index (χ0v) is 10.7. The van der Waals surface area contributed by atoms with Gasteiger partial charge in [-0.15, -0.1) is 0 Å². The molecular formula is C17H16N2. The number of benzene rings is 2. The molecule has 0 saturated carbocycles. The van der Waals surface area contributed by atoms with E-state index in [9.17, 15) is 0 Å². The molecule has 1 heterocycles. The fraction of sp³-hybridized carbons (Fsp3) is 0.118. The van der Waals surface area contributed by atoms with Crippen LogP contribution in [0.25, 0.3) is 10.9 Å². The Morgan fingerprint density at radius 1 is 0.842 bits per heavy atom. The molecule has 0 aliphatic carbocycles. The van der Waals surface area contributed by atoms with Crippen LogP contribution in [0.4, 0.5) is 0 Å². The van der Waals surface area contributed by atoms with Crippen LogP contribution in [0.15, 0.2) is 60.7 Å². The van der Waals surface area contributed by atoms with Crippen LogP contribution in [0.5, 0.6) is 0 Å². The minimum atomic E-state index is 0.488. The van der Waals surface area contributed by atoms with Gasteiger partial charge in [-0.1, -0.05) is 42.5 Å². The van der Waals surface area contributed by atoms with Gasteiger partial charge in [0.2, 0.25) is 0 Å². The van der Waals surface area contributed by atoms with Gasteiger partial charge in [0.15, 0.2) is 0 Å². The third kappa shape index (κ3) is 2.64. The Kier molecular flexibility index (Phi) is 3.25. The fourth-order valence-corrected chi connectivity index (χ4v) is 2.27. The van der Waals surface area contributed by atoms with Gasteiger partial charge >= 0.3 is 0 Å². The maximum absolute atomic E-state index is 5.61. The average Bonchev–Trinajstić information content (AvgIpc) is 2.48. The summed E-state index contributed by atoms with van der Waals surface area (Å²) in [5.41, 5.74) is 10.2.